The molecule has 0 bridgehead atoms. The van der Waals surface area contributed by atoms with Gasteiger partial charge >= 0.3 is 6.98 Å². The van der Waals surface area contributed by atoms with Crippen molar-refractivity contribution in [2.24, 2.45) is 5.41 Å². The zero-order chi connectivity index (χ0) is 21.8. The van der Waals surface area contributed by atoms with E-state index in [1.165, 1.54) is 16.8 Å². The number of aromatic nitrogens is 2. The van der Waals surface area contributed by atoms with Crippen molar-refractivity contribution in [2.75, 3.05) is 21.6 Å². The first-order chi connectivity index (χ1) is 14.9. The SMILES string of the molecule is C[C@@H]1N(B2C=C(C(C)(C)C)c3ccccc3N2C)c2nccnc2N1c1ccccc1. The summed E-state index contributed by atoms with van der Waals surface area (Å²) in [6.07, 6.45) is 3.63. The molecule has 5 rings (SSSR count). The lowest BCUT2D eigenvalue weighted by Crippen LogP contribution is -2.57. The van der Waals surface area contributed by atoms with Gasteiger partial charge in [-0.15, -0.1) is 0 Å². The Bertz CT molecular complexity index is 1140. The average Bonchev–Trinajstić information content (AvgIpc) is 3.06. The van der Waals surface area contributed by atoms with Gasteiger partial charge in [-0.2, -0.15) is 0 Å². The number of fused-ring (bicyclic) bond motifs is 2. The summed E-state index contributed by atoms with van der Waals surface area (Å²) in [6, 6.07) is 19.2. The summed E-state index contributed by atoms with van der Waals surface area (Å²) < 4.78 is 0. The Morgan fingerprint density at radius 3 is 2.23 bits per heavy atom. The predicted octanol–water partition coefficient (Wildman–Crippen LogP) is 5.39. The van der Waals surface area contributed by atoms with Gasteiger partial charge in [0, 0.05) is 23.8 Å². The molecule has 0 radical (unpaired) electrons. The summed E-state index contributed by atoms with van der Waals surface area (Å²) in [5.41, 5.74) is 5.07. The molecule has 2 aromatic carbocycles. The van der Waals surface area contributed by atoms with Crippen molar-refractivity contribution in [3.05, 3.63) is 78.5 Å². The minimum absolute atomic E-state index is 0.0306. The zero-order valence-electron chi connectivity index (χ0n) is 18.8. The highest BCUT2D eigenvalue weighted by molar-refractivity contribution is 6.74. The highest BCUT2D eigenvalue weighted by Crippen LogP contribution is 2.46. The molecule has 3 heterocycles. The molecule has 5 nitrogen and oxygen atoms in total. The van der Waals surface area contributed by atoms with Gasteiger partial charge in [0.15, 0.2) is 11.6 Å². The number of rotatable bonds is 2. The Balaban J connectivity index is 1.66. The smallest absolute Gasteiger partial charge is 0.395 e. The molecule has 6 heteroatoms. The molecule has 2 aliphatic heterocycles. The number of hydrogen-bond acceptors (Lipinski definition) is 5. The van der Waals surface area contributed by atoms with Gasteiger partial charge in [0.05, 0.1) is 6.17 Å². The fourth-order valence-electron chi connectivity index (χ4n) is 4.85. The Kier molecular flexibility index (Phi) is 4.54. The van der Waals surface area contributed by atoms with Gasteiger partial charge in [0.2, 0.25) is 0 Å². The van der Waals surface area contributed by atoms with Gasteiger partial charge in [-0.25, -0.2) is 9.97 Å². The molecule has 31 heavy (non-hydrogen) atoms. The highest BCUT2D eigenvalue weighted by Gasteiger charge is 2.45. The van der Waals surface area contributed by atoms with Crippen LogP contribution in [-0.4, -0.2) is 30.2 Å². The van der Waals surface area contributed by atoms with Crippen molar-refractivity contribution in [2.45, 2.75) is 33.9 Å². The first-order valence-electron chi connectivity index (χ1n) is 10.9. The molecule has 0 spiro atoms. The first kappa shape index (κ1) is 19.7. The van der Waals surface area contributed by atoms with E-state index in [9.17, 15) is 0 Å². The lowest BCUT2D eigenvalue weighted by Gasteiger charge is -2.42. The van der Waals surface area contributed by atoms with Gasteiger partial charge in [0.1, 0.15) is 0 Å². The van der Waals surface area contributed by atoms with Crippen LogP contribution in [0.2, 0.25) is 0 Å². The number of allylic oxidation sites excluding steroid dienone is 1. The van der Waals surface area contributed by atoms with E-state index >= 15 is 0 Å². The van der Waals surface area contributed by atoms with Crippen LogP contribution in [0.3, 0.4) is 0 Å². The van der Waals surface area contributed by atoms with Gasteiger partial charge in [0.25, 0.3) is 0 Å². The van der Waals surface area contributed by atoms with E-state index in [1.54, 1.807) is 12.4 Å². The molecule has 2 aliphatic rings. The number of para-hydroxylation sites is 2. The largest absolute Gasteiger partial charge is 0.406 e. The Labute approximate surface area is 185 Å². The Hall–Kier alpha value is -3.28. The van der Waals surface area contributed by atoms with Crippen molar-refractivity contribution in [1.29, 1.82) is 0 Å². The number of hydrogen-bond donors (Lipinski definition) is 0. The predicted molar refractivity (Wildman–Crippen MR) is 131 cm³/mol. The molecule has 0 N–H and O–H groups in total. The lowest BCUT2D eigenvalue weighted by atomic mass is 9.62. The van der Waals surface area contributed by atoms with Crippen molar-refractivity contribution in [1.82, 2.24) is 9.97 Å². The molecule has 1 aromatic heterocycles. The average molecular weight is 409 g/mol. The van der Waals surface area contributed by atoms with Crippen molar-refractivity contribution >= 4 is 35.6 Å². The van der Waals surface area contributed by atoms with Crippen LogP contribution in [0.5, 0.6) is 0 Å². The van der Waals surface area contributed by atoms with Crippen LogP contribution in [0.1, 0.15) is 33.3 Å². The molecule has 0 aliphatic carbocycles. The van der Waals surface area contributed by atoms with Crippen LogP contribution in [0.4, 0.5) is 23.0 Å². The maximum Gasteiger partial charge on any atom is 0.406 e. The van der Waals surface area contributed by atoms with Crippen LogP contribution in [0.25, 0.3) is 5.57 Å². The van der Waals surface area contributed by atoms with Crippen LogP contribution in [-0.2, 0) is 0 Å². The summed E-state index contributed by atoms with van der Waals surface area (Å²) in [5, 5.41) is 0. The maximum atomic E-state index is 4.79. The van der Waals surface area contributed by atoms with E-state index in [0.29, 0.717) is 0 Å². The van der Waals surface area contributed by atoms with Gasteiger partial charge < -0.3 is 14.5 Å². The quantitative estimate of drug-likeness (QED) is 0.531. The van der Waals surface area contributed by atoms with Crippen molar-refractivity contribution < 1.29 is 0 Å². The fraction of sp³-hybridized carbons (Fsp3) is 0.280. The second-order valence-electron chi connectivity index (χ2n) is 9.32. The van der Waals surface area contributed by atoms with E-state index in [4.69, 9.17) is 9.97 Å². The van der Waals surface area contributed by atoms with E-state index in [0.717, 1.165) is 17.3 Å². The normalized spacial score (nSPS) is 18.1. The second kappa shape index (κ2) is 7.15. The molecule has 0 amide bonds. The fourth-order valence-corrected chi connectivity index (χ4v) is 4.85. The lowest BCUT2D eigenvalue weighted by molar-refractivity contribution is 0.566. The van der Waals surface area contributed by atoms with Crippen LogP contribution in [0.15, 0.2) is 73.0 Å². The van der Waals surface area contributed by atoms with Crippen molar-refractivity contribution in [3.8, 4) is 0 Å². The third-order valence-corrected chi connectivity index (χ3v) is 6.32. The molecular weight excluding hydrogens is 381 g/mol. The van der Waals surface area contributed by atoms with Crippen LogP contribution >= 0.6 is 0 Å². The minimum atomic E-state index is 0.0306. The van der Waals surface area contributed by atoms with Gasteiger partial charge in [-0.1, -0.05) is 63.1 Å². The van der Waals surface area contributed by atoms with E-state index in [-0.39, 0.29) is 18.6 Å². The summed E-state index contributed by atoms with van der Waals surface area (Å²) >= 11 is 0. The molecule has 1 atom stereocenters. The van der Waals surface area contributed by atoms with Crippen LogP contribution in [0, 0.1) is 5.41 Å². The summed E-state index contributed by atoms with van der Waals surface area (Å²) in [6.45, 7) is 9.12. The van der Waals surface area contributed by atoms with E-state index < -0.39 is 0 Å². The van der Waals surface area contributed by atoms with E-state index in [1.807, 2.05) is 6.07 Å². The van der Waals surface area contributed by atoms with Gasteiger partial charge in [-0.05, 0) is 48.7 Å². The highest BCUT2D eigenvalue weighted by atomic mass is 15.5. The van der Waals surface area contributed by atoms with Crippen molar-refractivity contribution in [3.63, 3.8) is 0 Å². The molecule has 0 unspecified atom stereocenters. The summed E-state index contributed by atoms with van der Waals surface area (Å²) in [7, 11) is 2.17. The second-order valence-corrected chi connectivity index (χ2v) is 9.32. The third-order valence-electron chi connectivity index (χ3n) is 6.32. The number of anilines is 4. The maximum absolute atomic E-state index is 4.79. The molecular formula is C25H28BN5. The number of nitrogens with zero attached hydrogens (tertiary/aromatic N) is 5. The van der Waals surface area contributed by atoms with Gasteiger partial charge in [-0.3, -0.25) is 0 Å². The van der Waals surface area contributed by atoms with E-state index in [2.05, 4.69) is 104 Å². The molecule has 0 fully saturated rings. The Morgan fingerprint density at radius 1 is 0.871 bits per heavy atom. The number of benzene rings is 2. The summed E-state index contributed by atoms with van der Waals surface area (Å²) in [5.74, 6) is 4.23. The Morgan fingerprint density at radius 2 is 1.52 bits per heavy atom. The molecule has 0 saturated heterocycles. The summed E-state index contributed by atoms with van der Waals surface area (Å²) in [4.78, 5) is 16.5. The zero-order valence-corrected chi connectivity index (χ0v) is 18.8. The molecule has 0 saturated carbocycles. The minimum Gasteiger partial charge on any atom is -0.395 e. The van der Waals surface area contributed by atoms with Crippen LogP contribution < -0.4 is 14.5 Å². The third kappa shape index (κ3) is 3.09. The topological polar surface area (TPSA) is 35.5 Å². The standard InChI is InChI=1S/C25H28BN5/c1-18-30(19-11-7-6-8-12-19)23-24(28-16-15-27-23)31(18)26-17-21(25(2,3)4)20-13-9-10-14-22(20)29(26)5/h6-18H,1-5H3/t18-/m0/s1. The first-order valence-corrected chi connectivity index (χ1v) is 10.9. The molecule has 3 aromatic rings. The monoisotopic (exact) mass is 409 g/mol. The molecule has 156 valence electrons.